The van der Waals surface area contributed by atoms with E-state index >= 15 is 0 Å². The van der Waals surface area contributed by atoms with Gasteiger partial charge in [0.05, 0.1) is 6.10 Å². The highest BCUT2D eigenvalue weighted by atomic mass is 16.6. The predicted octanol–water partition coefficient (Wildman–Crippen LogP) is 4.32. The molecule has 0 saturated heterocycles. The van der Waals surface area contributed by atoms with E-state index in [9.17, 15) is 9.59 Å². The van der Waals surface area contributed by atoms with Gasteiger partial charge in [0.1, 0.15) is 5.75 Å². The first-order valence-electron chi connectivity index (χ1n) is 8.48. The molecular formula is C20H24N2O4. The lowest BCUT2D eigenvalue weighted by molar-refractivity contribution is 0.130. The van der Waals surface area contributed by atoms with Gasteiger partial charge >= 0.3 is 12.2 Å². The van der Waals surface area contributed by atoms with Crippen LogP contribution in [0.25, 0.3) is 0 Å². The maximum absolute atomic E-state index is 12.2. The Morgan fingerprint density at radius 3 is 2.50 bits per heavy atom. The van der Waals surface area contributed by atoms with Gasteiger partial charge in [-0.3, -0.25) is 5.32 Å². The van der Waals surface area contributed by atoms with Gasteiger partial charge in [-0.2, -0.15) is 0 Å². The van der Waals surface area contributed by atoms with E-state index in [-0.39, 0.29) is 6.10 Å². The van der Waals surface area contributed by atoms with Crippen LogP contribution in [0.5, 0.6) is 5.75 Å². The number of ether oxygens (including phenoxy) is 2. The number of nitrogens with one attached hydrogen (secondary N) is 1. The molecule has 0 aliphatic rings. The van der Waals surface area contributed by atoms with E-state index in [1.54, 1.807) is 45.2 Å². The third-order valence-electron chi connectivity index (χ3n) is 3.52. The van der Waals surface area contributed by atoms with Crippen molar-refractivity contribution in [3.63, 3.8) is 0 Å². The van der Waals surface area contributed by atoms with E-state index in [0.717, 1.165) is 12.0 Å². The van der Waals surface area contributed by atoms with Crippen molar-refractivity contribution in [1.82, 2.24) is 4.90 Å². The second-order valence-electron chi connectivity index (χ2n) is 6.13. The van der Waals surface area contributed by atoms with Crippen LogP contribution in [0.15, 0.2) is 54.6 Å². The Labute approximate surface area is 153 Å². The van der Waals surface area contributed by atoms with Gasteiger partial charge in [-0.05, 0) is 38.0 Å². The minimum atomic E-state index is -0.552. The van der Waals surface area contributed by atoms with Crippen molar-refractivity contribution in [1.29, 1.82) is 0 Å². The lowest BCUT2D eigenvalue weighted by Gasteiger charge is -2.17. The van der Waals surface area contributed by atoms with Crippen LogP contribution in [0.4, 0.5) is 15.3 Å². The summed E-state index contributed by atoms with van der Waals surface area (Å²) in [6.45, 7) is 4.08. The number of hydrogen-bond donors (Lipinski definition) is 1. The summed E-state index contributed by atoms with van der Waals surface area (Å²) in [5, 5.41) is 2.60. The van der Waals surface area contributed by atoms with Crippen molar-refractivity contribution in [3.05, 3.63) is 60.2 Å². The zero-order valence-corrected chi connectivity index (χ0v) is 15.3. The van der Waals surface area contributed by atoms with Gasteiger partial charge in [0.25, 0.3) is 0 Å². The van der Waals surface area contributed by atoms with Crippen LogP contribution < -0.4 is 10.1 Å². The topological polar surface area (TPSA) is 67.9 Å². The Morgan fingerprint density at radius 2 is 1.81 bits per heavy atom. The third kappa shape index (κ3) is 6.47. The molecule has 2 amide bonds. The fourth-order valence-electron chi connectivity index (χ4n) is 2.21. The van der Waals surface area contributed by atoms with Gasteiger partial charge in [0.15, 0.2) is 0 Å². The molecule has 138 valence electrons. The third-order valence-corrected chi connectivity index (χ3v) is 3.52. The van der Waals surface area contributed by atoms with Crippen LogP contribution in [-0.4, -0.2) is 36.8 Å². The summed E-state index contributed by atoms with van der Waals surface area (Å²) in [5.74, 6) is 0.351. The van der Waals surface area contributed by atoms with Gasteiger partial charge < -0.3 is 14.4 Å². The van der Waals surface area contributed by atoms with E-state index in [1.165, 1.54) is 4.90 Å². The highest BCUT2D eigenvalue weighted by Crippen LogP contribution is 2.18. The first kappa shape index (κ1) is 19.3. The summed E-state index contributed by atoms with van der Waals surface area (Å²) < 4.78 is 10.4. The Hall–Kier alpha value is -3.02. The first-order valence-corrected chi connectivity index (χ1v) is 8.48. The van der Waals surface area contributed by atoms with Crippen molar-refractivity contribution in [2.24, 2.45) is 0 Å². The normalized spacial score (nSPS) is 10.3. The van der Waals surface area contributed by atoms with Gasteiger partial charge in [-0.15, -0.1) is 0 Å². The van der Waals surface area contributed by atoms with Crippen LogP contribution in [-0.2, 0) is 11.2 Å². The number of carbonyl (C=O) groups is 2. The molecule has 0 fully saturated rings. The molecule has 2 aromatic rings. The molecule has 0 spiro atoms. The summed E-state index contributed by atoms with van der Waals surface area (Å²) in [6, 6.07) is 16.5. The molecule has 1 N–H and O–H groups in total. The molecule has 0 radical (unpaired) electrons. The summed E-state index contributed by atoms with van der Waals surface area (Å²) in [5.41, 5.74) is 1.65. The molecule has 26 heavy (non-hydrogen) atoms. The smallest absolute Gasteiger partial charge is 0.414 e. The van der Waals surface area contributed by atoms with E-state index in [1.807, 2.05) is 30.3 Å². The molecule has 0 atom stereocenters. The lowest BCUT2D eigenvalue weighted by atomic mass is 10.1. The second kappa shape index (κ2) is 9.46. The van der Waals surface area contributed by atoms with Gasteiger partial charge in [0, 0.05) is 25.3 Å². The fourth-order valence-corrected chi connectivity index (χ4v) is 2.21. The van der Waals surface area contributed by atoms with Gasteiger partial charge in [-0.1, -0.05) is 36.4 Å². The minimum absolute atomic E-state index is 0.214. The molecule has 0 unspecified atom stereocenters. The first-order chi connectivity index (χ1) is 12.4. The van der Waals surface area contributed by atoms with Crippen molar-refractivity contribution < 1.29 is 19.1 Å². The Kier molecular flexibility index (Phi) is 7.02. The van der Waals surface area contributed by atoms with Crippen LogP contribution in [0, 0.1) is 0 Å². The van der Waals surface area contributed by atoms with E-state index in [4.69, 9.17) is 9.47 Å². The van der Waals surface area contributed by atoms with Crippen molar-refractivity contribution in [2.75, 3.05) is 18.9 Å². The Balaban J connectivity index is 1.87. The SMILES string of the molecule is CC(C)OC(=O)Nc1cccc(OC(=O)N(C)CCc2ccccc2)c1. The zero-order chi connectivity index (χ0) is 18.9. The van der Waals surface area contributed by atoms with E-state index in [0.29, 0.717) is 18.0 Å². The predicted molar refractivity (Wildman–Crippen MR) is 100 cm³/mol. The van der Waals surface area contributed by atoms with Crippen LogP contribution in [0.3, 0.4) is 0 Å². The van der Waals surface area contributed by atoms with Crippen LogP contribution >= 0.6 is 0 Å². The molecule has 0 aliphatic heterocycles. The molecule has 2 aromatic carbocycles. The number of rotatable bonds is 6. The molecule has 0 saturated carbocycles. The molecule has 2 rings (SSSR count). The highest BCUT2D eigenvalue weighted by molar-refractivity contribution is 5.85. The molecule has 6 nitrogen and oxygen atoms in total. The number of carbonyl (C=O) groups excluding carboxylic acids is 2. The van der Waals surface area contributed by atoms with E-state index in [2.05, 4.69) is 5.32 Å². The lowest BCUT2D eigenvalue weighted by Crippen LogP contribution is -2.31. The maximum atomic E-state index is 12.2. The van der Waals surface area contributed by atoms with Crippen LogP contribution in [0.1, 0.15) is 19.4 Å². The van der Waals surface area contributed by atoms with Gasteiger partial charge in [-0.25, -0.2) is 9.59 Å². The molecule has 6 heteroatoms. The monoisotopic (exact) mass is 356 g/mol. The van der Waals surface area contributed by atoms with Crippen molar-refractivity contribution in [3.8, 4) is 5.75 Å². The Bertz CT molecular complexity index is 732. The number of hydrogen-bond acceptors (Lipinski definition) is 4. The Morgan fingerprint density at radius 1 is 1.08 bits per heavy atom. The molecule has 0 aromatic heterocycles. The molecule has 0 heterocycles. The molecule has 0 bridgehead atoms. The highest BCUT2D eigenvalue weighted by Gasteiger charge is 2.12. The summed E-state index contributed by atoms with van der Waals surface area (Å²) in [6.07, 6.45) is -0.477. The standard InChI is InChI=1S/C20H24N2O4/c1-15(2)25-19(23)21-17-10-7-11-18(14-17)26-20(24)22(3)13-12-16-8-5-4-6-9-16/h4-11,14-15H,12-13H2,1-3H3,(H,21,23). The summed E-state index contributed by atoms with van der Waals surface area (Å²) in [7, 11) is 1.69. The fraction of sp³-hybridized carbons (Fsp3) is 0.300. The van der Waals surface area contributed by atoms with Crippen LogP contribution in [0.2, 0.25) is 0 Å². The maximum Gasteiger partial charge on any atom is 0.414 e. The average Bonchev–Trinajstić information content (AvgIpc) is 2.60. The largest absolute Gasteiger partial charge is 0.447 e. The van der Waals surface area contributed by atoms with Crippen molar-refractivity contribution >= 4 is 17.9 Å². The minimum Gasteiger partial charge on any atom is -0.447 e. The molecule has 0 aliphatic carbocycles. The summed E-state index contributed by atoms with van der Waals surface area (Å²) in [4.78, 5) is 25.4. The van der Waals surface area contributed by atoms with E-state index < -0.39 is 12.2 Å². The van der Waals surface area contributed by atoms with Crippen molar-refractivity contribution in [2.45, 2.75) is 26.4 Å². The second-order valence-corrected chi connectivity index (χ2v) is 6.13. The van der Waals surface area contributed by atoms with Gasteiger partial charge in [0.2, 0.25) is 0 Å². The summed E-state index contributed by atoms with van der Waals surface area (Å²) >= 11 is 0. The average molecular weight is 356 g/mol. The zero-order valence-electron chi connectivity index (χ0n) is 15.3. The number of nitrogens with zero attached hydrogens (tertiary/aromatic N) is 1. The number of anilines is 1. The number of likely N-dealkylation sites (N-methyl/N-ethyl adjacent to an activating group) is 1. The number of benzene rings is 2. The number of amides is 2. The quantitative estimate of drug-likeness (QED) is 0.837. The molecular weight excluding hydrogens is 332 g/mol.